The van der Waals surface area contributed by atoms with Gasteiger partial charge in [-0.3, -0.25) is 9.59 Å². The molecule has 0 amide bonds. The average molecular weight is 588 g/mol. The van der Waals surface area contributed by atoms with E-state index in [0.29, 0.717) is 19.4 Å². The summed E-state index contributed by atoms with van der Waals surface area (Å²) < 4.78 is 27.3. The number of piperidine rings is 1. The lowest BCUT2D eigenvalue weighted by Crippen LogP contribution is -2.74. The van der Waals surface area contributed by atoms with Crippen LogP contribution in [0.1, 0.15) is 58.1 Å². The van der Waals surface area contributed by atoms with E-state index in [2.05, 4.69) is 4.90 Å². The van der Waals surface area contributed by atoms with Crippen LogP contribution in [0.5, 0.6) is 11.5 Å². The number of likely N-dealkylation sites (N-methyl/N-ethyl adjacent to an activating group) is 1. The number of hydrogen-bond donors (Lipinski definition) is 2. The summed E-state index contributed by atoms with van der Waals surface area (Å²) in [6.07, 6.45) is -1.78. The Kier molecular flexibility index (Phi) is 7.73. The molecule has 1 fully saturated rings. The first kappa shape index (κ1) is 29.8. The van der Waals surface area contributed by atoms with Gasteiger partial charge in [-0.05, 0) is 57.0 Å². The van der Waals surface area contributed by atoms with Gasteiger partial charge < -0.3 is 38.8 Å². The maximum absolute atomic E-state index is 13.4. The molecule has 1 spiro atoms. The van der Waals surface area contributed by atoms with Gasteiger partial charge in [0.1, 0.15) is 5.76 Å². The van der Waals surface area contributed by atoms with Crippen molar-refractivity contribution >= 4 is 23.9 Å². The molecule has 6 atom stereocenters. The van der Waals surface area contributed by atoms with E-state index < -0.39 is 59.6 Å². The number of esters is 4. The van der Waals surface area contributed by atoms with Crippen molar-refractivity contribution in [2.45, 2.75) is 88.7 Å². The molecule has 1 saturated heterocycles. The highest BCUT2D eigenvalue weighted by Gasteiger charge is 2.72. The van der Waals surface area contributed by atoms with Crippen molar-refractivity contribution in [1.82, 2.24) is 4.90 Å². The summed E-state index contributed by atoms with van der Waals surface area (Å²) in [5.41, 5.74) is -0.579. The monoisotopic (exact) mass is 587 g/mol. The second kappa shape index (κ2) is 10.9. The van der Waals surface area contributed by atoms with Crippen LogP contribution in [0, 0.1) is 5.92 Å². The third-order valence-electron chi connectivity index (χ3n) is 8.69. The quantitative estimate of drug-likeness (QED) is 0.318. The van der Waals surface area contributed by atoms with Gasteiger partial charge >= 0.3 is 23.9 Å². The van der Waals surface area contributed by atoms with Crippen molar-refractivity contribution in [2.24, 2.45) is 5.92 Å². The Labute approximate surface area is 243 Å². The predicted octanol–water partition coefficient (Wildman–Crippen LogP) is 1.67. The molecule has 0 saturated carbocycles. The third kappa shape index (κ3) is 4.80. The van der Waals surface area contributed by atoms with Crippen LogP contribution in [0.2, 0.25) is 0 Å². The summed E-state index contributed by atoms with van der Waals surface area (Å²) >= 11 is 0. The van der Waals surface area contributed by atoms with Crippen LogP contribution in [0.3, 0.4) is 0 Å². The molecule has 12 nitrogen and oxygen atoms in total. The molecule has 2 N–H and O–H groups in total. The SMILES string of the molecule is CC(=O)O[C@@H](CC(=O)O[C@@H](C)C(=O)OCC(C)C)C(=O)OC1=CC[C@@]2(O)[C@H]3Cc4ccc(O)c5c4[C@@]2(CCN3C)[C@H]1O5. The maximum atomic E-state index is 13.4. The zero-order valence-corrected chi connectivity index (χ0v) is 24.4. The Morgan fingerprint density at radius 2 is 1.88 bits per heavy atom. The van der Waals surface area contributed by atoms with E-state index in [1.54, 1.807) is 12.1 Å². The highest BCUT2D eigenvalue weighted by atomic mass is 16.6. The van der Waals surface area contributed by atoms with E-state index in [0.717, 1.165) is 18.1 Å². The number of hydrogen-bond acceptors (Lipinski definition) is 12. The Morgan fingerprint density at radius 1 is 1.14 bits per heavy atom. The van der Waals surface area contributed by atoms with Crippen LogP contribution in [0.25, 0.3) is 0 Å². The van der Waals surface area contributed by atoms with E-state index in [1.165, 1.54) is 6.92 Å². The van der Waals surface area contributed by atoms with Crippen LogP contribution in [0.4, 0.5) is 0 Å². The fraction of sp³-hybridized carbons (Fsp3) is 0.600. The average Bonchev–Trinajstić information content (AvgIpc) is 3.27. The van der Waals surface area contributed by atoms with E-state index in [1.807, 2.05) is 27.0 Å². The molecule has 2 aliphatic carbocycles. The van der Waals surface area contributed by atoms with Gasteiger partial charge in [0.2, 0.25) is 6.10 Å². The summed E-state index contributed by atoms with van der Waals surface area (Å²) in [6, 6.07) is 3.16. The lowest BCUT2D eigenvalue weighted by Gasteiger charge is -2.61. The normalized spacial score (nSPS) is 28.5. The topological polar surface area (TPSA) is 158 Å². The maximum Gasteiger partial charge on any atom is 0.353 e. The number of likely N-dealkylation sites (tertiary alicyclic amines) is 1. The van der Waals surface area contributed by atoms with Gasteiger partial charge in [-0.15, -0.1) is 0 Å². The molecule has 12 heteroatoms. The molecule has 42 heavy (non-hydrogen) atoms. The Bertz CT molecular complexity index is 1340. The fourth-order valence-electron chi connectivity index (χ4n) is 6.80. The molecule has 0 unspecified atom stereocenters. The van der Waals surface area contributed by atoms with Crippen LogP contribution >= 0.6 is 0 Å². The number of carbonyl (C=O) groups excluding carboxylic acids is 4. The second-order valence-electron chi connectivity index (χ2n) is 12.0. The van der Waals surface area contributed by atoms with E-state index in [9.17, 15) is 29.4 Å². The van der Waals surface area contributed by atoms with Gasteiger partial charge in [0.15, 0.2) is 23.7 Å². The first-order valence-electron chi connectivity index (χ1n) is 14.2. The van der Waals surface area contributed by atoms with Crippen molar-refractivity contribution in [3.05, 3.63) is 35.1 Å². The zero-order chi connectivity index (χ0) is 30.6. The first-order valence-corrected chi connectivity index (χ1v) is 14.2. The molecule has 0 radical (unpaired) electrons. The molecule has 5 rings (SSSR count). The highest BCUT2D eigenvalue weighted by Crippen LogP contribution is 2.65. The highest BCUT2D eigenvalue weighted by molar-refractivity contribution is 5.86. The van der Waals surface area contributed by atoms with Crippen molar-refractivity contribution in [1.29, 1.82) is 0 Å². The number of benzene rings is 1. The lowest BCUT2D eigenvalue weighted by atomic mass is 9.50. The summed E-state index contributed by atoms with van der Waals surface area (Å²) in [4.78, 5) is 52.0. The number of rotatable bonds is 9. The van der Waals surface area contributed by atoms with Crippen LogP contribution in [0.15, 0.2) is 24.0 Å². The minimum Gasteiger partial charge on any atom is -0.504 e. The Hall–Kier alpha value is -3.64. The van der Waals surface area contributed by atoms with Crippen molar-refractivity contribution in [2.75, 3.05) is 20.2 Å². The minimum atomic E-state index is -1.67. The van der Waals surface area contributed by atoms with Crippen molar-refractivity contribution in [3.63, 3.8) is 0 Å². The predicted molar refractivity (Wildman–Crippen MR) is 144 cm³/mol. The molecule has 228 valence electrons. The van der Waals surface area contributed by atoms with E-state index >= 15 is 0 Å². The number of carbonyl (C=O) groups is 4. The Balaban J connectivity index is 1.36. The molecule has 1 aromatic rings. The molecule has 1 aromatic carbocycles. The molecule has 2 bridgehead atoms. The number of nitrogens with zero attached hydrogens (tertiary/aromatic N) is 1. The number of phenols is 1. The van der Waals surface area contributed by atoms with Crippen LogP contribution in [-0.4, -0.2) is 89.1 Å². The van der Waals surface area contributed by atoms with Gasteiger partial charge in [-0.1, -0.05) is 19.9 Å². The standard InChI is InChI=1S/C30H37NO11/c1-15(2)14-38-27(35)16(3)39-23(34)13-21(40-17(4)32)28(36)41-20-8-9-30(37)22-12-18-6-7-19(33)25-24(18)29(30,26(20)42-25)10-11-31(22)5/h6-8,15-16,21-22,26,33,37H,9-14H2,1-5H3/t16-,21-,22+,26-,29-,30+/m0/s1. The smallest absolute Gasteiger partial charge is 0.353 e. The number of phenolic OH excluding ortho intramolecular Hbond substituents is 1. The van der Waals surface area contributed by atoms with Gasteiger partial charge in [-0.25, -0.2) is 9.59 Å². The summed E-state index contributed by atoms with van der Waals surface area (Å²) in [5.74, 6) is -3.24. The number of ether oxygens (including phenoxy) is 5. The number of aliphatic hydroxyl groups is 1. The van der Waals surface area contributed by atoms with Gasteiger partial charge in [0.25, 0.3) is 0 Å². The van der Waals surface area contributed by atoms with Gasteiger partial charge in [-0.2, -0.15) is 0 Å². The van der Waals surface area contributed by atoms with Crippen molar-refractivity contribution < 1.29 is 53.1 Å². The van der Waals surface area contributed by atoms with Crippen molar-refractivity contribution in [3.8, 4) is 11.5 Å². The molecule has 4 aliphatic rings. The van der Waals surface area contributed by atoms with Crippen LogP contribution < -0.4 is 4.74 Å². The first-order chi connectivity index (χ1) is 19.8. The van der Waals surface area contributed by atoms with Gasteiger partial charge in [0.05, 0.1) is 24.0 Å². The fourth-order valence-corrected chi connectivity index (χ4v) is 6.80. The Morgan fingerprint density at radius 3 is 2.57 bits per heavy atom. The molecule has 2 aliphatic heterocycles. The molecule has 2 heterocycles. The molecule has 0 aromatic heterocycles. The van der Waals surface area contributed by atoms with E-state index in [4.69, 9.17) is 23.7 Å². The largest absolute Gasteiger partial charge is 0.504 e. The molecular weight excluding hydrogens is 550 g/mol. The number of aromatic hydroxyl groups is 1. The second-order valence-corrected chi connectivity index (χ2v) is 12.0. The van der Waals surface area contributed by atoms with Gasteiger partial charge in [0, 0.05) is 24.9 Å². The lowest BCUT2D eigenvalue weighted by molar-refractivity contribution is -0.179. The zero-order valence-electron chi connectivity index (χ0n) is 24.4. The summed E-state index contributed by atoms with van der Waals surface area (Å²) in [6.45, 7) is 6.93. The summed E-state index contributed by atoms with van der Waals surface area (Å²) in [5, 5.41) is 22.9. The third-order valence-corrected chi connectivity index (χ3v) is 8.69. The van der Waals surface area contributed by atoms with E-state index in [-0.39, 0.29) is 42.2 Å². The van der Waals surface area contributed by atoms with Crippen LogP contribution in [-0.2, 0) is 50.0 Å². The summed E-state index contributed by atoms with van der Waals surface area (Å²) in [7, 11) is 1.96. The minimum absolute atomic E-state index is 0.0792. The molecular formula is C30H37NO11.